The topological polar surface area (TPSA) is 70.0 Å². The molecule has 5 nitrogen and oxygen atoms in total. The predicted molar refractivity (Wildman–Crippen MR) is 95.7 cm³/mol. The van der Waals surface area contributed by atoms with E-state index in [-0.39, 0.29) is 36.1 Å². The molecule has 0 bridgehead atoms. The molecule has 3 heterocycles. The number of nitrogens with one attached hydrogen (secondary N) is 2. The maximum atomic E-state index is 14.3. The quantitative estimate of drug-likeness (QED) is 0.660. The molecule has 158 valence electrons. The van der Waals surface area contributed by atoms with Crippen LogP contribution in [0.5, 0.6) is 0 Å². The minimum atomic E-state index is -4.51. The van der Waals surface area contributed by atoms with Gasteiger partial charge in [-0.3, -0.25) is 10.00 Å². The number of likely N-dealkylation sites (N-methyl/N-ethyl adjacent to an activating group) is 1. The van der Waals surface area contributed by atoms with Crippen molar-refractivity contribution in [3.05, 3.63) is 52.3 Å². The highest BCUT2D eigenvalue weighted by Crippen LogP contribution is 2.38. The lowest BCUT2D eigenvalue weighted by molar-refractivity contribution is -0.141. The maximum absolute atomic E-state index is 14.3. The zero-order valence-corrected chi connectivity index (χ0v) is 15.7. The van der Waals surface area contributed by atoms with Crippen molar-refractivity contribution >= 4 is 0 Å². The first-order valence-corrected chi connectivity index (χ1v) is 9.42. The molecule has 4 N–H and O–H groups in total. The number of alkyl halides is 3. The fourth-order valence-electron chi connectivity index (χ4n) is 4.72. The Bertz CT molecular complexity index is 884. The highest BCUT2D eigenvalue weighted by atomic mass is 19.4. The number of nitrogens with two attached hydrogens (primary N) is 1. The Hall–Kier alpha value is -2.04. The van der Waals surface area contributed by atoms with Crippen molar-refractivity contribution in [2.45, 2.75) is 43.7 Å². The number of nitrogens with zero attached hydrogens (tertiary/aromatic N) is 2. The largest absolute Gasteiger partial charge is 0.435 e. The Balaban J connectivity index is 1.53. The first kappa shape index (κ1) is 20.2. The average Bonchev–Trinajstić information content (AvgIpc) is 3.07. The van der Waals surface area contributed by atoms with Crippen LogP contribution in [0.3, 0.4) is 0 Å². The van der Waals surface area contributed by atoms with Gasteiger partial charge < -0.3 is 11.1 Å². The molecule has 0 amide bonds. The van der Waals surface area contributed by atoms with Gasteiger partial charge in [-0.25, -0.2) is 8.78 Å². The van der Waals surface area contributed by atoms with Gasteiger partial charge in [0.15, 0.2) is 5.69 Å². The van der Waals surface area contributed by atoms with E-state index >= 15 is 0 Å². The third-order valence-corrected chi connectivity index (χ3v) is 6.01. The molecule has 1 aromatic carbocycles. The normalized spacial score (nSPS) is 28.4. The molecule has 4 atom stereocenters. The number of rotatable bonds is 2. The van der Waals surface area contributed by atoms with Crippen LogP contribution in [0.25, 0.3) is 0 Å². The monoisotopic (exact) mass is 415 g/mol. The SMILES string of the molecule is CN1C[C@H](C2Cc3c(C(F)(F)F)n[nH]c3CN2)C[C@H](N)[C@H]1c1cc(F)ccc1F. The molecule has 0 radical (unpaired) electrons. The van der Waals surface area contributed by atoms with E-state index in [0.717, 1.165) is 18.2 Å². The van der Waals surface area contributed by atoms with Crippen LogP contribution in [0.15, 0.2) is 18.2 Å². The van der Waals surface area contributed by atoms with Gasteiger partial charge in [0.05, 0.1) is 11.7 Å². The number of halogens is 5. The zero-order chi connectivity index (χ0) is 20.9. The van der Waals surface area contributed by atoms with E-state index in [1.807, 2.05) is 4.90 Å². The van der Waals surface area contributed by atoms with Gasteiger partial charge in [0.2, 0.25) is 0 Å². The fourth-order valence-corrected chi connectivity index (χ4v) is 4.72. The van der Waals surface area contributed by atoms with Gasteiger partial charge in [-0.2, -0.15) is 18.3 Å². The van der Waals surface area contributed by atoms with Crippen molar-refractivity contribution in [1.82, 2.24) is 20.4 Å². The summed E-state index contributed by atoms with van der Waals surface area (Å²) in [4.78, 5) is 1.86. The van der Waals surface area contributed by atoms with E-state index in [2.05, 4.69) is 15.5 Å². The number of aromatic nitrogens is 2. The first-order chi connectivity index (χ1) is 13.6. The molecular formula is C19H22F5N5. The lowest BCUT2D eigenvalue weighted by Gasteiger charge is -2.45. The molecule has 0 aliphatic carbocycles. The Morgan fingerprint density at radius 3 is 2.69 bits per heavy atom. The summed E-state index contributed by atoms with van der Waals surface area (Å²) < 4.78 is 67.5. The van der Waals surface area contributed by atoms with Crippen LogP contribution in [-0.2, 0) is 19.1 Å². The van der Waals surface area contributed by atoms with Crippen LogP contribution >= 0.6 is 0 Å². The summed E-state index contributed by atoms with van der Waals surface area (Å²) in [5, 5.41) is 9.19. The second-order valence-electron chi connectivity index (χ2n) is 7.93. The molecule has 2 aliphatic heterocycles. The average molecular weight is 415 g/mol. The van der Waals surface area contributed by atoms with Crippen molar-refractivity contribution in [1.29, 1.82) is 0 Å². The fraction of sp³-hybridized carbons (Fsp3) is 0.526. The Morgan fingerprint density at radius 1 is 1.24 bits per heavy atom. The molecule has 4 rings (SSSR count). The van der Waals surface area contributed by atoms with Gasteiger partial charge in [0.1, 0.15) is 11.6 Å². The number of hydrogen-bond donors (Lipinski definition) is 3. The van der Waals surface area contributed by atoms with Gasteiger partial charge >= 0.3 is 6.18 Å². The van der Waals surface area contributed by atoms with Crippen LogP contribution in [0, 0.1) is 17.6 Å². The Kier molecular flexibility index (Phi) is 5.12. The molecule has 1 fully saturated rings. The molecule has 1 aromatic heterocycles. The molecule has 0 saturated carbocycles. The minimum Gasteiger partial charge on any atom is -0.326 e. The summed E-state index contributed by atoms with van der Waals surface area (Å²) in [5.74, 6) is -1.09. The lowest BCUT2D eigenvalue weighted by atomic mass is 9.79. The number of fused-ring (bicyclic) bond motifs is 1. The summed E-state index contributed by atoms with van der Waals surface area (Å²) in [6.07, 6.45) is -3.84. The highest BCUT2D eigenvalue weighted by Gasteiger charge is 2.43. The maximum Gasteiger partial charge on any atom is 0.435 e. The molecule has 0 spiro atoms. The molecule has 10 heteroatoms. The van der Waals surface area contributed by atoms with Crippen molar-refractivity contribution < 1.29 is 22.0 Å². The van der Waals surface area contributed by atoms with Gasteiger partial charge in [-0.1, -0.05) is 0 Å². The van der Waals surface area contributed by atoms with E-state index in [4.69, 9.17) is 5.73 Å². The third kappa shape index (κ3) is 3.76. The second-order valence-corrected chi connectivity index (χ2v) is 7.93. The minimum absolute atomic E-state index is 0.0352. The molecule has 1 saturated heterocycles. The second kappa shape index (κ2) is 7.33. The van der Waals surface area contributed by atoms with E-state index in [1.54, 1.807) is 7.05 Å². The van der Waals surface area contributed by atoms with Gasteiger partial charge in [0.25, 0.3) is 0 Å². The van der Waals surface area contributed by atoms with Crippen molar-refractivity contribution in [2.24, 2.45) is 11.7 Å². The van der Waals surface area contributed by atoms with Crippen molar-refractivity contribution in [3.8, 4) is 0 Å². The molecule has 29 heavy (non-hydrogen) atoms. The number of hydrogen-bond acceptors (Lipinski definition) is 4. The van der Waals surface area contributed by atoms with E-state index < -0.39 is 35.6 Å². The Morgan fingerprint density at radius 2 is 2.00 bits per heavy atom. The van der Waals surface area contributed by atoms with Crippen molar-refractivity contribution in [2.75, 3.05) is 13.6 Å². The zero-order valence-electron chi connectivity index (χ0n) is 15.7. The summed E-state index contributed by atoms with van der Waals surface area (Å²) in [5.41, 5.74) is 6.30. The molecule has 2 aromatic rings. The predicted octanol–water partition coefficient (Wildman–Crippen LogP) is 2.74. The number of likely N-dealkylation sites (tertiary alicyclic amines) is 1. The van der Waals surface area contributed by atoms with Gasteiger partial charge in [0, 0.05) is 36.3 Å². The number of benzene rings is 1. The number of aromatic amines is 1. The number of H-pyrrole nitrogens is 1. The molecule has 1 unspecified atom stereocenters. The van der Waals surface area contributed by atoms with E-state index in [9.17, 15) is 22.0 Å². The standard InChI is InChI=1S/C19H22F5N5/c1-29-8-9(4-14(25)17(29)11-5-10(20)2-3-13(11)21)15-6-12-16(7-26-15)27-28-18(12)19(22,23)24/h2-3,5,9,14-15,17,26H,4,6-8,25H2,1H3,(H,27,28)/t9-,14+,15?,17-/m1/s1. The van der Waals surface area contributed by atoms with Crippen molar-refractivity contribution in [3.63, 3.8) is 0 Å². The third-order valence-electron chi connectivity index (χ3n) is 6.01. The van der Waals surface area contributed by atoms with Gasteiger partial charge in [-0.15, -0.1) is 0 Å². The van der Waals surface area contributed by atoms with Gasteiger partial charge in [-0.05, 0) is 44.0 Å². The van der Waals surface area contributed by atoms with Crippen LogP contribution in [0.1, 0.15) is 35.0 Å². The highest BCUT2D eigenvalue weighted by molar-refractivity contribution is 5.31. The van der Waals surface area contributed by atoms with Crippen LogP contribution in [0.2, 0.25) is 0 Å². The summed E-state index contributed by atoms with van der Waals surface area (Å²) >= 11 is 0. The van der Waals surface area contributed by atoms with Crippen LogP contribution < -0.4 is 11.1 Å². The smallest absolute Gasteiger partial charge is 0.326 e. The van der Waals surface area contributed by atoms with Crippen LogP contribution in [-0.4, -0.2) is 40.8 Å². The summed E-state index contributed by atoms with van der Waals surface area (Å²) in [6, 6.07) is 2.10. The molecule has 2 aliphatic rings. The number of piperidine rings is 1. The van der Waals surface area contributed by atoms with E-state index in [0.29, 0.717) is 18.7 Å². The van der Waals surface area contributed by atoms with Crippen LogP contribution in [0.4, 0.5) is 22.0 Å². The lowest BCUT2D eigenvalue weighted by Crippen LogP contribution is -2.54. The Labute approximate surface area is 164 Å². The van der Waals surface area contributed by atoms with E-state index in [1.165, 1.54) is 0 Å². The first-order valence-electron chi connectivity index (χ1n) is 9.42. The summed E-state index contributed by atoms with van der Waals surface area (Å²) in [6.45, 7) is 0.765. The molecular weight excluding hydrogens is 393 g/mol. The summed E-state index contributed by atoms with van der Waals surface area (Å²) in [7, 11) is 1.77.